The van der Waals surface area contributed by atoms with Gasteiger partial charge < -0.3 is 50.0 Å². The monoisotopic (exact) mass is 326 g/mol. The van der Waals surface area contributed by atoms with Gasteiger partial charge in [0.15, 0.2) is 12.6 Å². The molecule has 2 rings (SSSR count). The third kappa shape index (κ3) is 3.26. The highest BCUT2D eigenvalue weighted by Crippen LogP contribution is 2.28. The van der Waals surface area contributed by atoms with Crippen LogP contribution in [-0.4, -0.2) is 104 Å². The van der Waals surface area contributed by atoms with Crippen molar-refractivity contribution in [2.24, 2.45) is 0 Å². The first-order valence-electron chi connectivity index (χ1n) is 6.93. The molecule has 0 saturated carbocycles. The van der Waals surface area contributed by atoms with Crippen LogP contribution in [0.2, 0.25) is 0 Å². The first-order valence-corrected chi connectivity index (χ1v) is 6.93. The highest BCUT2D eigenvalue weighted by atomic mass is 16.7. The van der Waals surface area contributed by atoms with E-state index < -0.39 is 68.0 Å². The lowest BCUT2D eigenvalue weighted by molar-refractivity contribution is -0.359. The molecular weight excluding hydrogens is 304 g/mol. The van der Waals surface area contributed by atoms with Gasteiger partial charge in [-0.25, -0.2) is 0 Å². The number of rotatable bonds is 3. The number of aliphatic hydroxyl groups excluding tert-OH is 7. The van der Waals surface area contributed by atoms with Crippen LogP contribution in [0.1, 0.15) is 6.92 Å². The van der Waals surface area contributed by atoms with E-state index in [0.717, 1.165) is 0 Å². The molecule has 2 saturated heterocycles. The van der Waals surface area contributed by atoms with Gasteiger partial charge in [0.2, 0.25) is 0 Å². The average molecular weight is 326 g/mol. The summed E-state index contributed by atoms with van der Waals surface area (Å²) >= 11 is 0. The molecule has 2 heterocycles. The molecule has 7 N–H and O–H groups in total. The molecule has 0 unspecified atom stereocenters. The van der Waals surface area contributed by atoms with Crippen molar-refractivity contribution in [3.05, 3.63) is 0 Å². The standard InChI is InChI=1S/C12H22O10/c1-3-5(14)8(17)10(11(19)20-3)22-12-9(18)7(16)6(15)4(2-13)21-12/h3-19H,2H2,1H3/t3-,4+,5-,6+,7-,8+,9+,10+,11-,12+/m0/s1. The average Bonchev–Trinajstić information content (AvgIpc) is 2.49. The minimum absolute atomic E-state index is 0.642. The summed E-state index contributed by atoms with van der Waals surface area (Å²) in [5.41, 5.74) is 0. The van der Waals surface area contributed by atoms with Crippen LogP contribution in [0.25, 0.3) is 0 Å². The van der Waals surface area contributed by atoms with Gasteiger partial charge in [-0.1, -0.05) is 0 Å². The predicted molar refractivity (Wildman–Crippen MR) is 67.2 cm³/mol. The van der Waals surface area contributed by atoms with Crippen molar-refractivity contribution in [2.45, 2.75) is 68.3 Å². The van der Waals surface area contributed by atoms with Crippen molar-refractivity contribution in [1.82, 2.24) is 0 Å². The maximum Gasteiger partial charge on any atom is 0.187 e. The van der Waals surface area contributed by atoms with Gasteiger partial charge in [0, 0.05) is 0 Å². The molecule has 2 aliphatic rings. The van der Waals surface area contributed by atoms with E-state index in [1.807, 2.05) is 0 Å². The number of hydrogen-bond donors (Lipinski definition) is 7. The van der Waals surface area contributed by atoms with E-state index >= 15 is 0 Å². The Morgan fingerprint density at radius 2 is 1.45 bits per heavy atom. The predicted octanol–water partition coefficient (Wildman–Crippen LogP) is -4.37. The van der Waals surface area contributed by atoms with Crippen LogP contribution in [0.15, 0.2) is 0 Å². The van der Waals surface area contributed by atoms with Crippen molar-refractivity contribution in [3.8, 4) is 0 Å². The molecule has 130 valence electrons. The van der Waals surface area contributed by atoms with Crippen LogP contribution < -0.4 is 0 Å². The first-order chi connectivity index (χ1) is 10.3. The Balaban J connectivity index is 2.08. The van der Waals surface area contributed by atoms with Gasteiger partial charge in [0.05, 0.1) is 12.7 Å². The maximum atomic E-state index is 9.92. The van der Waals surface area contributed by atoms with Crippen molar-refractivity contribution < 1.29 is 50.0 Å². The van der Waals surface area contributed by atoms with E-state index in [1.165, 1.54) is 6.92 Å². The zero-order valence-electron chi connectivity index (χ0n) is 11.8. The van der Waals surface area contributed by atoms with Crippen LogP contribution >= 0.6 is 0 Å². The van der Waals surface area contributed by atoms with Gasteiger partial charge in [-0.3, -0.25) is 0 Å². The quantitative estimate of drug-likeness (QED) is 0.269. The summed E-state index contributed by atoms with van der Waals surface area (Å²) in [6.07, 6.45) is -14.4. The first kappa shape index (κ1) is 17.9. The second-order valence-electron chi connectivity index (χ2n) is 5.51. The largest absolute Gasteiger partial charge is 0.394 e. The molecule has 2 aliphatic heterocycles. The molecule has 0 spiro atoms. The Kier molecular flexibility index (Phi) is 5.72. The summed E-state index contributed by atoms with van der Waals surface area (Å²) in [6.45, 7) is 0.803. The summed E-state index contributed by atoms with van der Waals surface area (Å²) in [5.74, 6) is 0. The van der Waals surface area contributed by atoms with Crippen molar-refractivity contribution >= 4 is 0 Å². The Labute approximate surface area is 126 Å². The van der Waals surface area contributed by atoms with Gasteiger partial charge in [0.1, 0.15) is 42.7 Å². The smallest absolute Gasteiger partial charge is 0.187 e. The zero-order valence-corrected chi connectivity index (χ0v) is 11.8. The highest BCUT2D eigenvalue weighted by molar-refractivity contribution is 4.92. The fraction of sp³-hybridized carbons (Fsp3) is 1.00. The molecule has 0 aliphatic carbocycles. The van der Waals surface area contributed by atoms with Gasteiger partial charge in [0.25, 0.3) is 0 Å². The third-order valence-electron chi connectivity index (χ3n) is 3.94. The van der Waals surface area contributed by atoms with Crippen molar-refractivity contribution in [1.29, 1.82) is 0 Å². The fourth-order valence-electron chi connectivity index (χ4n) is 2.50. The highest BCUT2D eigenvalue weighted by Gasteiger charge is 2.49. The summed E-state index contributed by atoms with van der Waals surface area (Å²) in [5, 5.41) is 67.6. The molecule has 0 aromatic rings. The van der Waals surface area contributed by atoms with Crippen molar-refractivity contribution in [2.75, 3.05) is 6.61 Å². The van der Waals surface area contributed by atoms with E-state index in [-0.39, 0.29) is 0 Å². The summed E-state index contributed by atoms with van der Waals surface area (Å²) < 4.78 is 15.3. The molecule has 0 aromatic carbocycles. The Morgan fingerprint density at radius 1 is 0.818 bits per heavy atom. The second-order valence-corrected chi connectivity index (χ2v) is 5.51. The van der Waals surface area contributed by atoms with Gasteiger partial charge in [-0.2, -0.15) is 0 Å². The number of aliphatic hydroxyl groups is 7. The minimum atomic E-state index is -1.69. The zero-order chi connectivity index (χ0) is 16.6. The number of ether oxygens (including phenoxy) is 3. The summed E-state index contributed by atoms with van der Waals surface area (Å²) in [7, 11) is 0. The molecular formula is C12H22O10. The van der Waals surface area contributed by atoms with Crippen LogP contribution in [-0.2, 0) is 14.2 Å². The van der Waals surface area contributed by atoms with Gasteiger partial charge in [-0.05, 0) is 6.92 Å². The molecule has 22 heavy (non-hydrogen) atoms. The van der Waals surface area contributed by atoms with E-state index in [4.69, 9.17) is 19.3 Å². The lowest BCUT2D eigenvalue weighted by atomic mass is 9.98. The lowest BCUT2D eigenvalue weighted by Gasteiger charge is -2.44. The lowest BCUT2D eigenvalue weighted by Crippen LogP contribution is -2.63. The topological polar surface area (TPSA) is 169 Å². The molecule has 0 amide bonds. The van der Waals surface area contributed by atoms with E-state index in [0.29, 0.717) is 0 Å². The van der Waals surface area contributed by atoms with Gasteiger partial charge >= 0.3 is 0 Å². The summed E-state index contributed by atoms with van der Waals surface area (Å²) in [4.78, 5) is 0. The van der Waals surface area contributed by atoms with E-state index in [2.05, 4.69) is 0 Å². The van der Waals surface area contributed by atoms with Crippen LogP contribution in [0.4, 0.5) is 0 Å². The van der Waals surface area contributed by atoms with Crippen LogP contribution in [0.5, 0.6) is 0 Å². The molecule has 2 fully saturated rings. The molecule has 10 atom stereocenters. The van der Waals surface area contributed by atoms with E-state index in [9.17, 15) is 30.6 Å². The van der Waals surface area contributed by atoms with Crippen LogP contribution in [0, 0.1) is 0 Å². The third-order valence-corrected chi connectivity index (χ3v) is 3.94. The van der Waals surface area contributed by atoms with E-state index in [1.54, 1.807) is 0 Å². The number of hydrogen-bond acceptors (Lipinski definition) is 10. The molecule has 0 aromatic heterocycles. The normalized spacial score (nSPS) is 53.5. The fourth-order valence-corrected chi connectivity index (χ4v) is 2.50. The SMILES string of the molecule is C[C@@H]1O[C@H](O)[C@H](O[C@H]2O[C@H](CO)[C@@H](O)[C@H](O)[C@H]2O)[C@H](O)[C@H]1O. The van der Waals surface area contributed by atoms with Crippen molar-refractivity contribution in [3.63, 3.8) is 0 Å². The maximum absolute atomic E-state index is 9.92. The Bertz CT molecular complexity index is 366. The summed E-state index contributed by atoms with van der Waals surface area (Å²) in [6, 6.07) is 0. The Hall–Kier alpha value is -0.400. The Morgan fingerprint density at radius 3 is 2.05 bits per heavy atom. The molecule has 0 radical (unpaired) electrons. The van der Waals surface area contributed by atoms with Crippen LogP contribution in [0.3, 0.4) is 0 Å². The molecule has 10 heteroatoms. The van der Waals surface area contributed by atoms with Gasteiger partial charge in [-0.15, -0.1) is 0 Å². The minimum Gasteiger partial charge on any atom is -0.394 e. The molecule has 10 nitrogen and oxygen atoms in total. The molecule has 0 bridgehead atoms. The second kappa shape index (κ2) is 7.01.